The number of hydrogen-bond acceptors (Lipinski definition) is 4. The molecule has 0 amide bonds. The Hall–Kier alpha value is -1.06. The third kappa shape index (κ3) is 5.71. The quantitative estimate of drug-likeness (QED) is 0.431. The summed E-state index contributed by atoms with van der Waals surface area (Å²) in [5, 5.41) is 0. The predicted octanol–water partition coefficient (Wildman–Crippen LogP) is 6.06. The van der Waals surface area contributed by atoms with Crippen molar-refractivity contribution in [1.82, 2.24) is 0 Å². The Morgan fingerprint density at radius 2 is 1.48 bits per heavy atom. The van der Waals surface area contributed by atoms with Crippen LogP contribution in [0.4, 0.5) is 0 Å². The van der Waals surface area contributed by atoms with Crippen LogP contribution in [0.1, 0.15) is 107 Å². The minimum Gasteiger partial charge on any atom is -0.457 e. The second-order valence-electron chi connectivity index (χ2n) is 10.1. The zero-order valence-electron chi connectivity index (χ0n) is 19.0. The number of esters is 2. The second-order valence-corrected chi connectivity index (χ2v) is 10.1. The number of carbonyl (C=O) groups excluding carboxylic acids is 2. The number of hydrogen-bond donors (Lipinski definition) is 0. The molecule has 0 aromatic rings. The lowest BCUT2D eigenvalue weighted by molar-refractivity contribution is -0.179. The van der Waals surface area contributed by atoms with E-state index in [1.54, 1.807) is 0 Å². The molecule has 1 aliphatic carbocycles. The summed E-state index contributed by atoms with van der Waals surface area (Å²) in [4.78, 5) is 25.5. The summed E-state index contributed by atoms with van der Waals surface area (Å²) in [7, 11) is 0. The molecule has 0 aromatic heterocycles. The molecule has 27 heavy (non-hydrogen) atoms. The molecule has 1 saturated carbocycles. The van der Waals surface area contributed by atoms with E-state index in [0.29, 0.717) is 0 Å². The zero-order valence-corrected chi connectivity index (χ0v) is 19.0. The van der Waals surface area contributed by atoms with Gasteiger partial charge in [-0.2, -0.15) is 0 Å². The highest BCUT2D eigenvalue weighted by Gasteiger charge is 2.50. The minimum absolute atomic E-state index is 0.0246. The van der Waals surface area contributed by atoms with Gasteiger partial charge in [0.2, 0.25) is 0 Å². The van der Waals surface area contributed by atoms with Crippen molar-refractivity contribution < 1.29 is 19.1 Å². The molecule has 0 N–H and O–H groups in total. The SMILES string of the molecule is CCC(C)(C)CC(C)(C(=O)OCC(=O)OC1(CC)CCCC1)C(C)(C)CC. The van der Waals surface area contributed by atoms with Crippen molar-refractivity contribution in [3.63, 3.8) is 0 Å². The van der Waals surface area contributed by atoms with E-state index >= 15 is 0 Å². The van der Waals surface area contributed by atoms with Gasteiger partial charge in [0.1, 0.15) is 5.60 Å². The minimum atomic E-state index is -0.655. The summed E-state index contributed by atoms with van der Waals surface area (Å²) in [6.07, 6.45) is 7.40. The third-order valence-electron chi connectivity index (χ3n) is 7.43. The van der Waals surface area contributed by atoms with Gasteiger partial charge in [-0.05, 0) is 62.7 Å². The highest BCUT2D eigenvalue weighted by molar-refractivity contribution is 5.81. The van der Waals surface area contributed by atoms with Gasteiger partial charge in [0, 0.05) is 0 Å². The standard InChI is InChI=1S/C23H42O4/c1-9-20(4,5)17-22(8,21(6,7)10-2)19(25)26-16-18(24)27-23(11-3)14-12-13-15-23/h9-17H2,1-8H3. The molecule has 0 spiro atoms. The first kappa shape index (κ1) is 24.0. The molecular weight excluding hydrogens is 340 g/mol. The molecule has 0 saturated heterocycles. The van der Waals surface area contributed by atoms with Crippen molar-refractivity contribution in [3.8, 4) is 0 Å². The van der Waals surface area contributed by atoms with E-state index in [1.807, 2.05) is 6.92 Å². The maximum atomic E-state index is 13.1. The maximum absolute atomic E-state index is 13.1. The number of carbonyl (C=O) groups is 2. The Kier molecular flexibility index (Phi) is 7.96. The second kappa shape index (κ2) is 8.96. The molecule has 0 heterocycles. The van der Waals surface area contributed by atoms with Crippen LogP contribution >= 0.6 is 0 Å². The molecule has 0 aliphatic heterocycles. The van der Waals surface area contributed by atoms with Gasteiger partial charge in [-0.1, -0.05) is 54.9 Å². The monoisotopic (exact) mass is 382 g/mol. The van der Waals surface area contributed by atoms with Crippen LogP contribution < -0.4 is 0 Å². The summed E-state index contributed by atoms with van der Waals surface area (Å²) in [5.41, 5.74) is -1.20. The van der Waals surface area contributed by atoms with Gasteiger partial charge in [0.15, 0.2) is 6.61 Å². The maximum Gasteiger partial charge on any atom is 0.344 e. The summed E-state index contributed by atoms with van der Waals surface area (Å²) < 4.78 is 11.3. The van der Waals surface area contributed by atoms with Crippen LogP contribution in [0, 0.1) is 16.2 Å². The fourth-order valence-electron chi connectivity index (χ4n) is 4.16. The molecule has 1 fully saturated rings. The molecule has 0 bridgehead atoms. The first-order valence-corrected chi connectivity index (χ1v) is 10.8. The van der Waals surface area contributed by atoms with Gasteiger partial charge in [0.05, 0.1) is 5.41 Å². The summed E-state index contributed by atoms with van der Waals surface area (Å²) in [5.74, 6) is -0.705. The third-order valence-corrected chi connectivity index (χ3v) is 7.43. The van der Waals surface area contributed by atoms with Crippen LogP contribution in [0.15, 0.2) is 0 Å². The van der Waals surface area contributed by atoms with Crippen molar-refractivity contribution in [2.75, 3.05) is 6.61 Å². The van der Waals surface area contributed by atoms with Crippen molar-refractivity contribution in [2.24, 2.45) is 16.2 Å². The Morgan fingerprint density at radius 1 is 0.926 bits per heavy atom. The molecule has 4 nitrogen and oxygen atoms in total. The lowest BCUT2D eigenvalue weighted by Crippen LogP contribution is -2.46. The average Bonchev–Trinajstić information content (AvgIpc) is 3.07. The van der Waals surface area contributed by atoms with Crippen LogP contribution in [-0.4, -0.2) is 24.1 Å². The van der Waals surface area contributed by atoms with Gasteiger partial charge in [-0.25, -0.2) is 4.79 Å². The van der Waals surface area contributed by atoms with E-state index in [-0.39, 0.29) is 29.0 Å². The topological polar surface area (TPSA) is 52.6 Å². The van der Waals surface area contributed by atoms with Crippen LogP contribution in [0.2, 0.25) is 0 Å². The van der Waals surface area contributed by atoms with E-state index in [1.165, 1.54) is 0 Å². The summed E-state index contributed by atoms with van der Waals surface area (Å²) in [6, 6.07) is 0. The summed E-state index contributed by atoms with van der Waals surface area (Å²) >= 11 is 0. The van der Waals surface area contributed by atoms with E-state index in [4.69, 9.17) is 9.47 Å². The fourth-order valence-corrected chi connectivity index (χ4v) is 4.16. The van der Waals surface area contributed by atoms with Crippen molar-refractivity contribution >= 4 is 11.9 Å². The molecule has 4 heteroatoms. The molecule has 158 valence electrons. The molecular formula is C23H42O4. The highest BCUT2D eigenvalue weighted by atomic mass is 16.6. The Labute approximate surface area is 166 Å². The van der Waals surface area contributed by atoms with Crippen molar-refractivity contribution in [3.05, 3.63) is 0 Å². The predicted molar refractivity (Wildman–Crippen MR) is 109 cm³/mol. The molecule has 1 unspecified atom stereocenters. The Balaban J connectivity index is 2.83. The fraction of sp³-hybridized carbons (Fsp3) is 0.913. The summed E-state index contributed by atoms with van der Waals surface area (Å²) in [6.45, 7) is 16.6. The van der Waals surface area contributed by atoms with Gasteiger partial charge >= 0.3 is 11.9 Å². The van der Waals surface area contributed by atoms with E-state index in [0.717, 1.165) is 51.4 Å². The first-order chi connectivity index (χ1) is 12.4. The molecule has 1 aliphatic rings. The molecule has 1 atom stereocenters. The van der Waals surface area contributed by atoms with Crippen LogP contribution in [0.3, 0.4) is 0 Å². The van der Waals surface area contributed by atoms with Gasteiger partial charge in [-0.15, -0.1) is 0 Å². The van der Waals surface area contributed by atoms with Crippen molar-refractivity contribution in [1.29, 1.82) is 0 Å². The van der Waals surface area contributed by atoms with Crippen molar-refractivity contribution in [2.45, 2.75) is 112 Å². The Bertz CT molecular complexity index is 514. The average molecular weight is 383 g/mol. The smallest absolute Gasteiger partial charge is 0.344 e. The number of ether oxygens (including phenoxy) is 2. The zero-order chi connectivity index (χ0) is 20.9. The first-order valence-electron chi connectivity index (χ1n) is 10.8. The van der Waals surface area contributed by atoms with E-state index in [9.17, 15) is 9.59 Å². The van der Waals surface area contributed by atoms with Crippen LogP contribution in [0.25, 0.3) is 0 Å². The van der Waals surface area contributed by atoms with E-state index < -0.39 is 11.4 Å². The molecule has 1 rings (SSSR count). The van der Waals surface area contributed by atoms with Crippen LogP contribution in [-0.2, 0) is 19.1 Å². The Morgan fingerprint density at radius 3 is 1.93 bits per heavy atom. The van der Waals surface area contributed by atoms with Gasteiger partial charge < -0.3 is 9.47 Å². The lowest BCUT2D eigenvalue weighted by Gasteiger charge is -2.45. The van der Waals surface area contributed by atoms with E-state index in [2.05, 4.69) is 48.5 Å². The van der Waals surface area contributed by atoms with Crippen LogP contribution in [0.5, 0.6) is 0 Å². The molecule has 0 radical (unpaired) electrons. The normalized spacial score (nSPS) is 19.4. The number of rotatable bonds is 10. The van der Waals surface area contributed by atoms with Gasteiger partial charge in [0.25, 0.3) is 0 Å². The van der Waals surface area contributed by atoms with Gasteiger partial charge in [-0.3, -0.25) is 4.79 Å². The lowest BCUT2D eigenvalue weighted by atomic mass is 9.58. The largest absolute Gasteiger partial charge is 0.457 e. The highest BCUT2D eigenvalue weighted by Crippen LogP contribution is 2.50. The molecule has 0 aromatic carbocycles.